The summed E-state index contributed by atoms with van der Waals surface area (Å²) in [6.45, 7) is 7.91. The first kappa shape index (κ1) is 16.7. The molecule has 2 aromatic rings. The molecule has 122 valence electrons. The summed E-state index contributed by atoms with van der Waals surface area (Å²) >= 11 is 0. The van der Waals surface area contributed by atoms with E-state index in [1.54, 1.807) is 13.8 Å². The van der Waals surface area contributed by atoms with E-state index in [1.807, 2.05) is 28.8 Å². The van der Waals surface area contributed by atoms with Crippen molar-refractivity contribution in [2.24, 2.45) is 0 Å². The van der Waals surface area contributed by atoms with Crippen molar-refractivity contribution < 1.29 is 14.3 Å². The highest BCUT2D eigenvalue weighted by Gasteiger charge is 2.14. The summed E-state index contributed by atoms with van der Waals surface area (Å²) in [7, 11) is 0. The lowest BCUT2D eigenvalue weighted by molar-refractivity contribution is -0.143. The number of benzene rings is 1. The molecular weight excluding hydrogens is 294 g/mol. The first-order chi connectivity index (χ1) is 11.0. The number of fused-ring (bicyclic) bond motifs is 1. The number of aromatic nitrogens is 2. The van der Waals surface area contributed by atoms with Crippen molar-refractivity contribution in [2.75, 3.05) is 13.2 Å². The van der Waals surface area contributed by atoms with Crippen LogP contribution in [0, 0.1) is 0 Å². The number of rotatable bonds is 7. The Morgan fingerprint density at radius 3 is 2.78 bits per heavy atom. The standard InChI is InChI=1S/C17H21N3O3/c1-4-23-16(21)11-20-14-8-6-5-7-13(14)19-15(20)9-10-18-17(22)12(2)3/h5-8H,2,4,9-11H2,1,3H3,(H,18,22). The average molecular weight is 315 g/mol. The molecule has 6 nitrogen and oxygen atoms in total. The van der Waals surface area contributed by atoms with Crippen LogP contribution >= 0.6 is 0 Å². The lowest BCUT2D eigenvalue weighted by Gasteiger charge is -2.09. The Bertz CT molecular complexity index is 734. The molecule has 2 rings (SSSR count). The third kappa shape index (κ3) is 4.18. The Balaban J connectivity index is 2.18. The minimum atomic E-state index is -0.303. The van der Waals surface area contributed by atoms with E-state index < -0.39 is 0 Å². The van der Waals surface area contributed by atoms with Crippen molar-refractivity contribution in [1.29, 1.82) is 0 Å². The Kier molecular flexibility index (Phi) is 5.51. The molecule has 0 saturated heterocycles. The van der Waals surface area contributed by atoms with Crippen molar-refractivity contribution in [3.63, 3.8) is 0 Å². The molecule has 23 heavy (non-hydrogen) atoms. The van der Waals surface area contributed by atoms with Gasteiger partial charge in [-0.25, -0.2) is 4.98 Å². The molecule has 0 aliphatic rings. The molecule has 0 aliphatic carbocycles. The van der Waals surface area contributed by atoms with Crippen LogP contribution in [0.4, 0.5) is 0 Å². The molecule has 0 bridgehead atoms. The largest absolute Gasteiger partial charge is 0.465 e. The van der Waals surface area contributed by atoms with Crippen molar-refractivity contribution in [2.45, 2.75) is 26.8 Å². The molecule has 0 atom stereocenters. The van der Waals surface area contributed by atoms with Gasteiger partial charge in [0.25, 0.3) is 0 Å². The van der Waals surface area contributed by atoms with Crippen LogP contribution in [0.5, 0.6) is 0 Å². The van der Waals surface area contributed by atoms with Gasteiger partial charge in [-0.2, -0.15) is 0 Å². The molecule has 0 fully saturated rings. The van der Waals surface area contributed by atoms with E-state index in [2.05, 4.69) is 16.9 Å². The predicted octanol–water partition coefficient (Wildman–Crippen LogP) is 1.83. The van der Waals surface area contributed by atoms with E-state index in [4.69, 9.17) is 4.74 Å². The molecule has 1 aromatic carbocycles. The summed E-state index contributed by atoms with van der Waals surface area (Å²) in [5.74, 6) is 0.252. The smallest absolute Gasteiger partial charge is 0.326 e. The molecule has 0 aliphatic heterocycles. The number of hydrogen-bond donors (Lipinski definition) is 1. The average Bonchev–Trinajstić information content (AvgIpc) is 2.85. The van der Waals surface area contributed by atoms with Crippen LogP contribution in [0.3, 0.4) is 0 Å². The molecule has 1 aromatic heterocycles. The van der Waals surface area contributed by atoms with Gasteiger partial charge in [0.1, 0.15) is 12.4 Å². The zero-order valence-corrected chi connectivity index (χ0v) is 13.5. The van der Waals surface area contributed by atoms with Crippen LogP contribution in [-0.2, 0) is 27.3 Å². The number of carbonyl (C=O) groups is 2. The first-order valence-electron chi connectivity index (χ1n) is 7.56. The number of esters is 1. The molecule has 1 heterocycles. The fraction of sp³-hybridized carbons (Fsp3) is 0.353. The second-order valence-electron chi connectivity index (χ2n) is 5.19. The molecule has 1 N–H and O–H groups in total. The Morgan fingerprint density at radius 1 is 1.35 bits per heavy atom. The maximum atomic E-state index is 11.8. The van der Waals surface area contributed by atoms with Gasteiger partial charge in [0.05, 0.1) is 17.6 Å². The van der Waals surface area contributed by atoms with Crippen LogP contribution in [0.25, 0.3) is 11.0 Å². The SMILES string of the molecule is C=C(C)C(=O)NCCc1nc2ccccc2n1CC(=O)OCC. The van der Waals surface area contributed by atoms with E-state index in [9.17, 15) is 9.59 Å². The Labute approximate surface area is 135 Å². The van der Waals surface area contributed by atoms with Gasteiger partial charge in [-0.1, -0.05) is 18.7 Å². The van der Waals surface area contributed by atoms with Crippen LogP contribution in [0.15, 0.2) is 36.4 Å². The lowest BCUT2D eigenvalue weighted by Crippen LogP contribution is -2.27. The highest BCUT2D eigenvalue weighted by molar-refractivity contribution is 5.92. The van der Waals surface area contributed by atoms with Gasteiger partial charge < -0.3 is 14.6 Å². The number of ether oxygens (including phenoxy) is 1. The van der Waals surface area contributed by atoms with Crippen molar-refractivity contribution in [3.8, 4) is 0 Å². The van der Waals surface area contributed by atoms with Crippen molar-refractivity contribution >= 4 is 22.9 Å². The second-order valence-corrected chi connectivity index (χ2v) is 5.19. The number of amides is 1. The molecule has 0 spiro atoms. The summed E-state index contributed by atoms with van der Waals surface area (Å²) in [5, 5.41) is 2.77. The molecule has 6 heteroatoms. The number of nitrogens with one attached hydrogen (secondary N) is 1. The summed E-state index contributed by atoms with van der Waals surface area (Å²) in [6, 6.07) is 7.61. The van der Waals surface area contributed by atoms with Gasteiger partial charge in [0.2, 0.25) is 5.91 Å². The summed E-state index contributed by atoms with van der Waals surface area (Å²) < 4.78 is 6.86. The molecule has 0 saturated carbocycles. The number of hydrogen-bond acceptors (Lipinski definition) is 4. The summed E-state index contributed by atoms with van der Waals surface area (Å²) in [5.41, 5.74) is 2.16. The normalized spacial score (nSPS) is 10.5. The topological polar surface area (TPSA) is 73.2 Å². The molecule has 1 amide bonds. The number of carbonyl (C=O) groups excluding carboxylic acids is 2. The first-order valence-corrected chi connectivity index (χ1v) is 7.56. The predicted molar refractivity (Wildman–Crippen MR) is 87.9 cm³/mol. The van der Waals surface area contributed by atoms with Gasteiger partial charge in [0, 0.05) is 18.5 Å². The van der Waals surface area contributed by atoms with Crippen LogP contribution < -0.4 is 5.32 Å². The fourth-order valence-electron chi connectivity index (χ4n) is 2.27. The lowest BCUT2D eigenvalue weighted by atomic mass is 10.3. The van der Waals surface area contributed by atoms with E-state index >= 15 is 0 Å². The molecular formula is C17H21N3O3. The minimum absolute atomic E-state index is 0.109. The highest BCUT2D eigenvalue weighted by Crippen LogP contribution is 2.16. The van der Waals surface area contributed by atoms with Crippen molar-refractivity contribution in [3.05, 3.63) is 42.2 Å². The summed E-state index contributed by atoms with van der Waals surface area (Å²) in [6.07, 6.45) is 0.521. The second kappa shape index (κ2) is 7.58. The van der Waals surface area contributed by atoms with Gasteiger partial charge in [0.15, 0.2) is 0 Å². The third-order valence-electron chi connectivity index (χ3n) is 3.35. The number of imidazole rings is 1. The monoisotopic (exact) mass is 315 g/mol. The van der Waals surface area contributed by atoms with Gasteiger partial charge in [-0.3, -0.25) is 9.59 Å². The fourth-order valence-corrected chi connectivity index (χ4v) is 2.27. The molecule has 0 radical (unpaired) electrons. The number of nitrogens with zero attached hydrogens (tertiary/aromatic N) is 2. The van der Waals surface area contributed by atoms with Gasteiger partial charge >= 0.3 is 5.97 Å². The highest BCUT2D eigenvalue weighted by atomic mass is 16.5. The van der Waals surface area contributed by atoms with Crippen LogP contribution in [0.2, 0.25) is 0 Å². The minimum Gasteiger partial charge on any atom is -0.465 e. The Hall–Kier alpha value is -2.63. The van der Waals surface area contributed by atoms with Crippen LogP contribution in [-0.4, -0.2) is 34.6 Å². The van der Waals surface area contributed by atoms with Crippen LogP contribution in [0.1, 0.15) is 19.7 Å². The number of para-hydroxylation sites is 2. The van der Waals surface area contributed by atoms with Crippen molar-refractivity contribution in [1.82, 2.24) is 14.9 Å². The maximum Gasteiger partial charge on any atom is 0.326 e. The van der Waals surface area contributed by atoms with E-state index in [-0.39, 0.29) is 18.4 Å². The van der Waals surface area contributed by atoms with E-state index in [0.29, 0.717) is 25.1 Å². The third-order valence-corrected chi connectivity index (χ3v) is 3.35. The van der Waals surface area contributed by atoms with E-state index in [1.165, 1.54) is 0 Å². The quantitative estimate of drug-likeness (QED) is 0.625. The zero-order valence-electron chi connectivity index (χ0n) is 13.5. The Morgan fingerprint density at radius 2 is 2.09 bits per heavy atom. The van der Waals surface area contributed by atoms with Gasteiger partial charge in [-0.05, 0) is 26.0 Å². The van der Waals surface area contributed by atoms with Gasteiger partial charge in [-0.15, -0.1) is 0 Å². The maximum absolute atomic E-state index is 11.8. The summed E-state index contributed by atoms with van der Waals surface area (Å²) in [4.78, 5) is 27.9. The zero-order chi connectivity index (χ0) is 16.8. The molecule has 0 unspecified atom stereocenters. The van der Waals surface area contributed by atoms with E-state index in [0.717, 1.165) is 16.9 Å².